The number of hydrogen-bond donors (Lipinski definition) is 0. The normalized spacial score (nSPS) is 14.9. The van der Waals surface area contributed by atoms with E-state index in [1.54, 1.807) is 13.8 Å². The highest BCUT2D eigenvalue weighted by atomic mass is 19.4. The largest absolute Gasteiger partial charge is 0.417 e. The summed E-state index contributed by atoms with van der Waals surface area (Å²) in [6.07, 6.45) is -3.14. The highest BCUT2D eigenvalue weighted by Crippen LogP contribution is 2.32. The summed E-state index contributed by atoms with van der Waals surface area (Å²) in [6, 6.07) is 1.12. The minimum Gasteiger partial charge on any atom is -0.351 e. The van der Waals surface area contributed by atoms with Crippen molar-refractivity contribution < 1.29 is 17.6 Å². The van der Waals surface area contributed by atoms with E-state index >= 15 is 0 Å². The van der Waals surface area contributed by atoms with Gasteiger partial charge in [-0.15, -0.1) is 5.10 Å². The number of alkyl halides is 4. The van der Waals surface area contributed by atoms with Crippen LogP contribution in [0.1, 0.15) is 41.9 Å². The van der Waals surface area contributed by atoms with E-state index in [9.17, 15) is 22.4 Å². The number of halogens is 4. The molecule has 11 heteroatoms. The maximum atomic E-state index is 14.1. The summed E-state index contributed by atoms with van der Waals surface area (Å²) < 4.78 is 55.7. The Kier molecular flexibility index (Phi) is 4.82. The van der Waals surface area contributed by atoms with Gasteiger partial charge in [-0.3, -0.25) is 4.98 Å². The van der Waals surface area contributed by atoms with E-state index in [1.807, 2.05) is 4.90 Å². The molecule has 0 unspecified atom stereocenters. The zero-order valence-corrected chi connectivity index (χ0v) is 17.6. The van der Waals surface area contributed by atoms with Crippen LogP contribution in [0.2, 0.25) is 0 Å². The number of anilines is 1. The second-order valence-electron chi connectivity index (χ2n) is 8.44. The lowest BCUT2D eigenvalue weighted by atomic mass is 10.0. The molecule has 4 rings (SSSR count). The van der Waals surface area contributed by atoms with Crippen molar-refractivity contribution in [2.75, 3.05) is 11.4 Å². The van der Waals surface area contributed by atoms with Gasteiger partial charge in [-0.2, -0.15) is 18.2 Å². The molecule has 0 N–H and O–H groups in total. The van der Waals surface area contributed by atoms with Crippen molar-refractivity contribution in [2.45, 2.75) is 59.1 Å². The van der Waals surface area contributed by atoms with Crippen LogP contribution in [-0.4, -0.2) is 36.4 Å². The summed E-state index contributed by atoms with van der Waals surface area (Å²) >= 11 is 0. The molecule has 0 spiro atoms. The van der Waals surface area contributed by atoms with Crippen LogP contribution in [-0.2, 0) is 25.7 Å². The number of fused-ring (bicyclic) bond motifs is 2. The Hall–Kier alpha value is -2.98. The lowest BCUT2D eigenvalue weighted by Crippen LogP contribution is -2.33. The first-order valence-electron chi connectivity index (χ1n) is 9.81. The Balaban J connectivity index is 1.75. The van der Waals surface area contributed by atoms with Crippen LogP contribution in [0, 0.1) is 13.8 Å². The number of hydrogen-bond acceptors (Lipinski definition) is 5. The van der Waals surface area contributed by atoms with Gasteiger partial charge in [0.2, 0.25) is 0 Å². The van der Waals surface area contributed by atoms with Crippen LogP contribution in [0.15, 0.2) is 17.1 Å². The van der Waals surface area contributed by atoms with E-state index in [4.69, 9.17) is 0 Å². The smallest absolute Gasteiger partial charge is 0.351 e. The average Bonchev–Trinajstić information content (AvgIpc) is 2.97. The minimum absolute atomic E-state index is 0.125. The molecule has 0 radical (unpaired) electrons. The molecule has 3 aromatic heterocycles. The van der Waals surface area contributed by atoms with Crippen molar-refractivity contribution in [3.63, 3.8) is 0 Å². The number of nitrogens with zero attached hydrogens (tertiary/aromatic N) is 6. The van der Waals surface area contributed by atoms with Crippen LogP contribution in [0.3, 0.4) is 0 Å². The quantitative estimate of drug-likeness (QED) is 0.588. The summed E-state index contributed by atoms with van der Waals surface area (Å²) in [5.74, 6) is 0.657. The van der Waals surface area contributed by atoms with Gasteiger partial charge >= 0.3 is 11.9 Å². The maximum absolute atomic E-state index is 14.1. The third kappa shape index (κ3) is 3.88. The molecule has 0 aromatic carbocycles. The lowest BCUT2D eigenvalue weighted by molar-refractivity contribution is -0.137. The first kappa shape index (κ1) is 21.3. The summed E-state index contributed by atoms with van der Waals surface area (Å²) in [5, 5.41) is 4.17. The Morgan fingerprint density at radius 1 is 1.16 bits per heavy atom. The van der Waals surface area contributed by atoms with Crippen molar-refractivity contribution in [1.82, 2.24) is 24.1 Å². The van der Waals surface area contributed by atoms with Crippen molar-refractivity contribution >= 4 is 11.6 Å². The molecular weight excluding hydrogens is 416 g/mol. The van der Waals surface area contributed by atoms with Crippen LogP contribution in [0.4, 0.5) is 23.4 Å². The van der Waals surface area contributed by atoms with Gasteiger partial charge in [0.1, 0.15) is 11.5 Å². The third-order valence-electron chi connectivity index (χ3n) is 5.43. The average molecular weight is 438 g/mol. The van der Waals surface area contributed by atoms with E-state index in [-0.39, 0.29) is 18.9 Å². The molecule has 0 saturated heterocycles. The SMILES string of the molecule is Cc1c(N2CCc3ncc(C(F)(F)F)cc3C2)nc2nn(CC(C)(C)F)c(=O)n2c1C. The van der Waals surface area contributed by atoms with Crippen molar-refractivity contribution in [3.8, 4) is 0 Å². The summed E-state index contributed by atoms with van der Waals surface area (Å²) in [6.45, 7) is 6.74. The van der Waals surface area contributed by atoms with Crippen molar-refractivity contribution in [1.29, 1.82) is 0 Å². The van der Waals surface area contributed by atoms with Gasteiger partial charge in [0.15, 0.2) is 0 Å². The predicted octanol–water partition coefficient (Wildman–Crippen LogP) is 3.23. The fourth-order valence-electron chi connectivity index (χ4n) is 3.80. The Bertz CT molecular complexity index is 1220. The van der Waals surface area contributed by atoms with Crippen LogP contribution >= 0.6 is 0 Å². The molecule has 3 aromatic rings. The van der Waals surface area contributed by atoms with Gasteiger partial charge in [-0.05, 0) is 39.3 Å². The molecule has 0 bridgehead atoms. The second kappa shape index (κ2) is 7.03. The number of pyridine rings is 1. The predicted molar refractivity (Wildman–Crippen MR) is 106 cm³/mol. The van der Waals surface area contributed by atoms with Gasteiger partial charge in [-0.1, -0.05) is 0 Å². The first-order valence-corrected chi connectivity index (χ1v) is 9.81. The molecule has 0 atom stereocenters. The molecule has 1 aliphatic rings. The second-order valence-corrected chi connectivity index (χ2v) is 8.44. The molecule has 166 valence electrons. The van der Waals surface area contributed by atoms with E-state index in [0.717, 1.165) is 16.9 Å². The Morgan fingerprint density at radius 2 is 1.87 bits per heavy atom. The number of aryl methyl sites for hydroxylation is 1. The zero-order valence-electron chi connectivity index (χ0n) is 17.6. The van der Waals surface area contributed by atoms with Crippen LogP contribution in [0.5, 0.6) is 0 Å². The summed E-state index contributed by atoms with van der Waals surface area (Å²) in [5.41, 5.74) is -0.482. The molecule has 0 aliphatic carbocycles. The molecule has 0 fully saturated rings. The standard InChI is InChI=1S/C20H22F4N6O/c1-11-12(2)30-17(27-29(18(30)31)10-19(3,4)21)26-16(11)28-6-5-15-13(9-28)7-14(8-25-15)20(22,23)24/h7-8H,5-6,9-10H2,1-4H3. The number of aromatic nitrogens is 5. The van der Waals surface area contributed by atoms with E-state index in [0.29, 0.717) is 41.3 Å². The molecule has 7 nitrogen and oxygen atoms in total. The Labute approximate surface area is 175 Å². The molecule has 31 heavy (non-hydrogen) atoms. The maximum Gasteiger partial charge on any atom is 0.417 e. The van der Waals surface area contributed by atoms with Gasteiger partial charge in [-0.25, -0.2) is 18.3 Å². The zero-order chi connectivity index (χ0) is 22.7. The Morgan fingerprint density at radius 3 is 2.52 bits per heavy atom. The van der Waals surface area contributed by atoms with Gasteiger partial charge < -0.3 is 4.90 Å². The van der Waals surface area contributed by atoms with Crippen LogP contribution < -0.4 is 10.6 Å². The van der Waals surface area contributed by atoms with Crippen molar-refractivity contribution in [3.05, 3.63) is 50.8 Å². The molecule has 0 amide bonds. The highest BCUT2D eigenvalue weighted by molar-refractivity contribution is 5.55. The van der Waals surface area contributed by atoms with Crippen molar-refractivity contribution in [2.24, 2.45) is 0 Å². The molecule has 4 heterocycles. The van der Waals surface area contributed by atoms with Crippen LogP contribution in [0.25, 0.3) is 5.78 Å². The van der Waals surface area contributed by atoms with E-state index < -0.39 is 23.1 Å². The van der Waals surface area contributed by atoms with E-state index in [2.05, 4.69) is 15.1 Å². The number of rotatable bonds is 3. The highest BCUT2D eigenvalue weighted by Gasteiger charge is 2.33. The van der Waals surface area contributed by atoms with E-state index in [1.165, 1.54) is 18.2 Å². The first-order chi connectivity index (χ1) is 14.3. The van der Waals surface area contributed by atoms with Gasteiger partial charge in [0, 0.05) is 42.7 Å². The third-order valence-corrected chi connectivity index (χ3v) is 5.43. The minimum atomic E-state index is -4.47. The molecule has 0 saturated carbocycles. The van der Waals surface area contributed by atoms with Gasteiger partial charge in [0.25, 0.3) is 5.78 Å². The fourth-order valence-corrected chi connectivity index (χ4v) is 3.80. The molecule has 1 aliphatic heterocycles. The summed E-state index contributed by atoms with van der Waals surface area (Å²) in [7, 11) is 0. The monoisotopic (exact) mass is 438 g/mol. The fraction of sp³-hybridized carbons (Fsp3) is 0.500. The summed E-state index contributed by atoms with van der Waals surface area (Å²) in [4.78, 5) is 23.0. The topological polar surface area (TPSA) is 68.3 Å². The lowest BCUT2D eigenvalue weighted by Gasteiger charge is -2.31. The molecular formula is C20H22F4N6O. The van der Waals surface area contributed by atoms with Gasteiger partial charge in [0.05, 0.1) is 12.1 Å².